The van der Waals surface area contributed by atoms with Crippen molar-refractivity contribution in [3.05, 3.63) is 33.1 Å². The van der Waals surface area contributed by atoms with Gasteiger partial charge in [0.2, 0.25) is 0 Å². The molecule has 0 saturated carbocycles. The number of aromatic nitrogens is 2. The van der Waals surface area contributed by atoms with Crippen LogP contribution in [0.1, 0.15) is 6.23 Å². The lowest BCUT2D eigenvalue weighted by Gasteiger charge is -2.39. The van der Waals surface area contributed by atoms with Crippen LogP contribution in [0.25, 0.3) is 0 Å². The Hall–Kier alpha value is -1.43. The van der Waals surface area contributed by atoms with Gasteiger partial charge >= 0.3 is 21.3 Å². The third-order valence-electron chi connectivity index (χ3n) is 5.35. The van der Waals surface area contributed by atoms with Gasteiger partial charge < -0.3 is 44.8 Å². The Morgan fingerprint density at radius 1 is 0.923 bits per heavy atom. The van der Waals surface area contributed by atoms with Crippen molar-refractivity contribution in [3.63, 3.8) is 0 Å². The number of hydrogen-bond acceptors (Lipinski definition) is 16. The van der Waals surface area contributed by atoms with Gasteiger partial charge in [-0.1, -0.05) is 0 Å². The monoisotopic (exact) mass is 630 g/mol. The predicted molar refractivity (Wildman–Crippen MR) is 118 cm³/mol. The minimum absolute atomic E-state index is 0.691. The van der Waals surface area contributed by atoms with E-state index in [-0.39, 0.29) is 0 Å². The molecule has 0 radical (unpaired) electrons. The zero-order chi connectivity index (χ0) is 29.5. The molecule has 3 heterocycles. The summed E-state index contributed by atoms with van der Waals surface area (Å²) in [4.78, 5) is 44.6. The van der Waals surface area contributed by atoms with E-state index in [2.05, 4.69) is 13.4 Å². The fraction of sp³-hybridized carbons (Fsp3) is 0.733. The highest BCUT2D eigenvalue weighted by Gasteiger charge is 2.50. The molecule has 9 N–H and O–H groups in total. The highest BCUT2D eigenvalue weighted by Crippen LogP contribution is 2.61. The lowest BCUT2D eigenvalue weighted by atomic mass is 10.0. The van der Waals surface area contributed by atoms with Gasteiger partial charge in [-0.05, 0) is 0 Å². The number of hydrogen-bond donors (Lipinski definition) is 9. The maximum absolute atomic E-state index is 12.2. The zero-order valence-corrected chi connectivity index (χ0v) is 21.7. The Labute approximate surface area is 216 Å². The zero-order valence-electron chi connectivity index (χ0n) is 19.1. The van der Waals surface area contributed by atoms with E-state index in [1.807, 2.05) is 4.98 Å². The number of phosphoric ester groups is 2. The normalized spacial score (nSPS) is 36.8. The molecule has 24 heteroatoms. The van der Waals surface area contributed by atoms with Crippen molar-refractivity contribution in [2.24, 2.45) is 0 Å². The third kappa shape index (κ3) is 8.07. The Morgan fingerprint density at radius 2 is 1.54 bits per heavy atom. The van der Waals surface area contributed by atoms with Gasteiger partial charge in [-0.3, -0.25) is 27.9 Å². The maximum Gasteiger partial charge on any atom is 0.483 e. The summed E-state index contributed by atoms with van der Waals surface area (Å²) in [5.74, 6) is -1.35. The summed E-state index contributed by atoms with van der Waals surface area (Å²) in [6, 6.07) is 0.903. The average Bonchev–Trinajstić information content (AvgIpc) is 3.06. The third-order valence-corrected chi connectivity index (χ3v) is 8.70. The van der Waals surface area contributed by atoms with Crippen LogP contribution in [0.3, 0.4) is 0 Å². The number of aliphatic hydroxyl groups excluding tert-OH is 5. The molecule has 1 aromatic rings. The summed E-state index contributed by atoms with van der Waals surface area (Å²) in [5.41, 5.74) is -1.80. The van der Waals surface area contributed by atoms with Crippen molar-refractivity contribution in [1.82, 2.24) is 9.55 Å². The largest absolute Gasteiger partial charge is 0.483 e. The molecule has 0 spiro atoms. The number of phosphoric acid groups is 2. The number of ether oxygens (including phenoxy) is 2. The van der Waals surface area contributed by atoms with Gasteiger partial charge in [0, 0.05) is 12.3 Å². The van der Waals surface area contributed by atoms with Crippen LogP contribution in [-0.4, -0.2) is 119 Å². The van der Waals surface area contributed by atoms with E-state index < -0.39 is 105 Å². The average molecular weight is 630 g/mol. The molecule has 0 amide bonds. The fourth-order valence-electron chi connectivity index (χ4n) is 3.55. The first-order valence-electron chi connectivity index (χ1n) is 10.5. The van der Waals surface area contributed by atoms with Crippen LogP contribution >= 0.6 is 15.6 Å². The van der Waals surface area contributed by atoms with Gasteiger partial charge in [-0.15, -0.1) is 0 Å². The van der Waals surface area contributed by atoms with Crippen molar-refractivity contribution in [3.8, 4) is 0 Å². The van der Waals surface area contributed by atoms with E-state index >= 15 is 0 Å². The summed E-state index contributed by atoms with van der Waals surface area (Å²) < 4.78 is 79.0. The van der Waals surface area contributed by atoms with E-state index in [9.17, 15) is 62.5 Å². The summed E-state index contributed by atoms with van der Waals surface area (Å²) in [7, 11) is -16.2. The molecule has 1 aromatic heterocycles. The number of rotatable bonds is 10. The molecule has 2 aliphatic heterocycles. The van der Waals surface area contributed by atoms with Crippen LogP contribution in [0.2, 0.25) is 0 Å². The number of nitrogens with zero attached hydrogens (tertiary/aromatic N) is 1. The first-order valence-corrected chi connectivity index (χ1v) is 15.1. The van der Waals surface area contributed by atoms with Crippen LogP contribution in [0.4, 0.5) is 0 Å². The van der Waals surface area contributed by atoms with E-state index in [0.29, 0.717) is 4.57 Å². The molecule has 39 heavy (non-hydrogen) atoms. The molecule has 3 rings (SSSR count). The minimum atomic E-state index is -5.76. The smallest absolute Gasteiger partial charge is 0.388 e. The number of aliphatic hydroxyl groups is 5. The Kier molecular flexibility index (Phi) is 9.72. The van der Waals surface area contributed by atoms with Crippen molar-refractivity contribution in [2.75, 3.05) is 12.4 Å². The van der Waals surface area contributed by atoms with Crippen molar-refractivity contribution >= 4 is 25.8 Å². The summed E-state index contributed by atoms with van der Waals surface area (Å²) in [6.45, 7) is -1.09. The standard InChI is InChI=1S/C15H24N2O19P2S/c18-7-1-2-17(15(24)16-7)13-11(22)8(19)5(33-13)3-32-37(25,26)36-38(27,28)35-14-12(23)10(21)9(20)6(34-14)4-39(29,30)31/h1-2,5-6,8-14,19-23H,3-4H2,(H,25,26)(H,27,28)(H,16,18,24)(H,29,30,31)/t5-,6-,8-,9-,10+,11-,12-,13-,14-/m1/s1. The van der Waals surface area contributed by atoms with E-state index in [0.717, 1.165) is 12.3 Å². The Bertz CT molecular complexity index is 1350. The van der Waals surface area contributed by atoms with Crippen LogP contribution in [0.15, 0.2) is 21.9 Å². The summed E-state index contributed by atoms with van der Waals surface area (Å²) in [5, 5.41) is 49.8. The molecule has 0 bridgehead atoms. The quantitative estimate of drug-likeness (QED) is 0.0863. The van der Waals surface area contributed by atoms with Gasteiger partial charge in [0.05, 0.1) is 6.61 Å². The second kappa shape index (κ2) is 11.8. The Morgan fingerprint density at radius 3 is 2.13 bits per heavy atom. The minimum Gasteiger partial charge on any atom is -0.388 e. The number of H-pyrrole nitrogens is 1. The first-order chi connectivity index (χ1) is 17.8. The molecule has 21 nitrogen and oxygen atoms in total. The highest BCUT2D eigenvalue weighted by molar-refractivity contribution is 7.85. The number of nitrogens with one attached hydrogen (secondary N) is 1. The highest BCUT2D eigenvalue weighted by atomic mass is 32.2. The van der Waals surface area contributed by atoms with Gasteiger partial charge in [-0.25, -0.2) is 13.9 Å². The maximum atomic E-state index is 12.2. The topological polar surface area (TPSA) is 331 Å². The lowest BCUT2D eigenvalue weighted by Crippen LogP contribution is -2.59. The predicted octanol–water partition coefficient (Wildman–Crippen LogP) is -4.90. The number of aromatic amines is 1. The Balaban J connectivity index is 1.63. The van der Waals surface area contributed by atoms with E-state index in [4.69, 9.17) is 14.0 Å². The molecule has 2 fully saturated rings. The van der Waals surface area contributed by atoms with Crippen molar-refractivity contribution in [2.45, 2.75) is 55.2 Å². The second-order valence-corrected chi connectivity index (χ2v) is 12.7. The molecule has 11 atom stereocenters. The van der Waals surface area contributed by atoms with Crippen LogP contribution < -0.4 is 11.2 Å². The van der Waals surface area contributed by atoms with Crippen LogP contribution in [0.5, 0.6) is 0 Å². The van der Waals surface area contributed by atoms with Crippen molar-refractivity contribution in [1.29, 1.82) is 0 Å². The first kappa shape index (κ1) is 32.1. The van der Waals surface area contributed by atoms with Gasteiger partial charge in [-0.2, -0.15) is 12.7 Å². The molecular formula is C15H24N2O19P2S. The van der Waals surface area contributed by atoms with Gasteiger partial charge in [0.1, 0.15) is 48.5 Å². The molecule has 2 unspecified atom stereocenters. The SMILES string of the molecule is O=c1ccn([C@@H]2O[C@H](COP(=O)(O)OP(=O)(O)O[C@H]3O[C@H](CS(=O)(=O)O)[C@@H](O)[C@H](O)[C@H]3O)[C@@H](O)[C@H]2O)c(=O)[nH]1. The molecule has 0 aromatic carbocycles. The van der Waals surface area contributed by atoms with Crippen LogP contribution in [-0.2, 0) is 42.1 Å². The molecule has 2 saturated heterocycles. The second-order valence-electron chi connectivity index (χ2n) is 8.25. The van der Waals surface area contributed by atoms with Gasteiger partial charge in [0.25, 0.3) is 15.7 Å². The molecular weight excluding hydrogens is 606 g/mol. The van der Waals surface area contributed by atoms with Crippen LogP contribution in [0, 0.1) is 0 Å². The van der Waals surface area contributed by atoms with Gasteiger partial charge in [0.15, 0.2) is 12.5 Å². The molecule has 0 aliphatic carbocycles. The van der Waals surface area contributed by atoms with E-state index in [1.54, 1.807) is 0 Å². The molecule has 224 valence electrons. The summed E-state index contributed by atoms with van der Waals surface area (Å²) in [6.07, 6.45) is -17.0. The lowest BCUT2D eigenvalue weighted by molar-refractivity contribution is -0.270. The molecule has 2 aliphatic rings. The summed E-state index contributed by atoms with van der Waals surface area (Å²) >= 11 is 0. The fourth-order valence-corrected chi connectivity index (χ4v) is 6.39. The van der Waals surface area contributed by atoms with E-state index in [1.165, 1.54) is 0 Å². The van der Waals surface area contributed by atoms with Crippen molar-refractivity contribution < 1.29 is 80.3 Å².